The van der Waals surface area contributed by atoms with Crippen LogP contribution in [0.15, 0.2) is 30.6 Å². The zero-order valence-corrected chi connectivity index (χ0v) is 12.0. The van der Waals surface area contributed by atoms with Crippen molar-refractivity contribution in [3.05, 3.63) is 51.8 Å². The fourth-order valence-electron chi connectivity index (χ4n) is 2.09. The molecule has 2 aromatic rings. The number of nitrogens with zero attached hydrogens (tertiary/aromatic N) is 3. The summed E-state index contributed by atoms with van der Waals surface area (Å²) in [6, 6.07) is 5.13. The minimum Gasteiger partial charge on any atom is -0.394 e. The first-order valence-electron chi connectivity index (χ1n) is 6.66. The predicted molar refractivity (Wildman–Crippen MR) is 79.2 cm³/mol. The number of aliphatic hydroxyl groups excluding tert-OH is 1. The third-order valence-corrected chi connectivity index (χ3v) is 3.28. The van der Waals surface area contributed by atoms with Gasteiger partial charge in [-0.25, -0.2) is 0 Å². The summed E-state index contributed by atoms with van der Waals surface area (Å²) in [5.41, 5.74) is 2.41. The predicted octanol–water partition coefficient (Wildman–Crippen LogP) is 2.27. The van der Waals surface area contributed by atoms with Crippen LogP contribution in [-0.2, 0) is 6.54 Å². The third kappa shape index (κ3) is 3.57. The molecule has 0 bridgehead atoms. The Kier molecular flexibility index (Phi) is 4.54. The molecule has 0 saturated heterocycles. The number of nitro groups is 1. The van der Waals surface area contributed by atoms with Gasteiger partial charge in [0.25, 0.3) is 5.69 Å². The monoisotopic (exact) mass is 290 g/mol. The van der Waals surface area contributed by atoms with E-state index in [0.29, 0.717) is 12.1 Å². The van der Waals surface area contributed by atoms with Crippen molar-refractivity contribution >= 4 is 11.4 Å². The van der Waals surface area contributed by atoms with Crippen LogP contribution in [0.1, 0.15) is 24.1 Å². The van der Waals surface area contributed by atoms with Gasteiger partial charge >= 0.3 is 0 Å². The maximum atomic E-state index is 11.0. The number of rotatable bonds is 6. The Labute approximate surface area is 122 Å². The van der Waals surface area contributed by atoms with Crippen LogP contribution in [0.25, 0.3) is 0 Å². The third-order valence-electron chi connectivity index (χ3n) is 3.28. The SMILES string of the molecule is Cc1ccc(C(C)Nc2cnn(CCO)c2)cc1[N+](=O)[O-]. The summed E-state index contributed by atoms with van der Waals surface area (Å²) < 4.78 is 1.63. The number of aryl methyl sites for hydroxylation is 1. The molecule has 0 aliphatic rings. The minimum absolute atomic E-state index is 0.0286. The van der Waals surface area contributed by atoms with Crippen LogP contribution in [0.4, 0.5) is 11.4 Å². The van der Waals surface area contributed by atoms with Crippen molar-refractivity contribution in [3.8, 4) is 0 Å². The van der Waals surface area contributed by atoms with E-state index in [1.165, 1.54) is 0 Å². The van der Waals surface area contributed by atoms with Gasteiger partial charge in [-0.1, -0.05) is 12.1 Å². The number of aromatic nitrogens is 2. The smallest absolute Gasteiger partial charge is 0.272 e. The minimum atomic E-state index is -0.370. The molecule has 112 valence electrons. The lowest BCUT2D eigenvalue weighted by molar-refractivity contribution is -0.385. The van der Waals surface area contributed by atoms with Crippen LogP contribution in [-0.4, -0.2) is 26.4 Å². The van der Waals surface area contributed by atoms with Gasteiger partial charge in [-0.15, -0.1) is 0 Å². The zero-order chi connectivity index (χ0) is 15.4. The average molecular weight is 290 g/mol. The summed E-state index contributed by atoms with van der Waals surface area (Å²) in [5, 5.41) is 27.2. The number of hydrogen-bond donors (Lipinski definition) is 2. The van der Waals surface area contributed by atoms with E-state index in [0.717, 1.165) is 11.3 Å². The second kappa shape index (κ2) is 6.36. The normalized spacial score (nSPS) is 12.1. The van der Waals surface area contributed by atoms with E-state index in [1.807, 2.05) is 13.0 Å². The van der Waals surface area contributed by atoms with Crippen molar-refractivity contribution < 1.29 is 10.0 Å². The van der Waals surface area contributed by atoms with Gasteiger partial charge in [0.1, 0.15) is 0 Å². The summed E-state index contributed by atoms with van der Waals surface area (Å²) in [5.74, 6) is 0. The first-order chi connectivity index (χ1) is 10.0. The van der Waals surface area contributed by atoms with Crippen molar-refractivity contribution in [2.75, 3.05) is 11.9 Å². The lowest BCUT2D eigenvalue weighted by Gasteiger charge is -2.14. The summed E-state index contributed by atoms with van der Waals surface area (Å²) in [6.07, 6.45) is 3.45. The molecule has 0 aliphatic heterocycles. The number of hydrogen-bond acceptors (Lipinski definition) is 5. The van der Waals surface area contributed by atoms with Crippen LogP contribution in [0.3, 0.4) is 0 Å². The van der Waals surface area contributed by atoms with Gasteiger partial charge in [0.15, 0.2) is 0 Å². The summed E-state index contributed by atoms with van der Waals surface area (Å²) in [7, 11) is 0. The number of nitro benzene ring substituents is 1. The molecule has 7 heteroatoms. The topological polar surface area (TPSA) is 93.2 Å². The van der Waals surface area contributed by atoms with Gasteiger partial charge in [-0.05, 0) is 19.4 Å². The van der Waals surface area contributed by atoms with Crippen molar-refractivity contribution in [2.45, 2.75) is 26.4 Å². The van der Waals surface area contributed by atoms with Gasteiger partial charge in [-0.2, -0.15) is 5.10 Å². The summed E-state index contributed by atoms with van der Waals surface area (Å²) in [6.45, 7) is 4.11. The highest BCUT2D eigenvalue weighted by molar-refractivity contribution is 5.47. The molecule has 0 amide bonds. The number of benzene rings is 1. The number of aliphatic hydroxyl groups is 1. The molecule has 1 aromatic carbocycles. The Morgan fingerprint density at radius 1 is 1.52 bits per heavy atom. The first-order valence-corrected chi connectivity index (χ1v) is 6.66. The van der Waals surface area contributed by atoms with Crippen LogP contribution >= 0.6 is 0 Å². The Morgan fingerprint density at radius 3 is 2.95 bits per heavy atom. The molecule has 1 heterocycles. The second-order valence-corrected chi connectivity index (χ2v) is 4.88. The van der Waals surface area contributed by atoms with Crippen molar-refractivity contribution in [3.63, 3.8) is 0 Å². The molecule has 2 rings (SSSR count). The van der Waals surface area contributed by atoms with E-state index in [-0.39, 0.29) is 23.3 Å². The standard InChI is InChI=1S/C14H18N4O3/c1-10-3-4-12(7-14(10)18(20)21)11(2)16-13-8-15-17(9-13)5-6-19/h3-4,7-9,11,16,19H,5-6H2,1-2H3. The van der Waals surface area contributed by atoms with Crippen molar-refractivity contribution in [2.24, 2.45) is 0 Å². The van der Waals surface area contributed by atoms with Crippen molar-refractivity contribution in [1.29, 1.82) is 0 Å². The van der Waals surface area contributed by atoms with Gasteiger partial charge in [0.05, 0.1) is 30.0 Å². The summed E-state index contributed by atoms with van der Waals surface area (Å²) in [4.78, 5) is 10.6. The fraction of sp³-hybridized carbons (Fsp3) is 0.357. The van der Waals surface area contributed by atoms with Crippen LogP contribution in [0, 0.1) is 17.0 Å². The molecular weight excluding hydrogens is 272 g/mol. The highest BCUT2D eigenvalue weighted by Crippen LogP contribution is 2.25. The lowest BCUT2D eigenvalue weighted by atomic mass is 10.0. The summed E-state index contributed by atoms with van der Waals surface area (Å²) >= 11 is 0. The van der Waals surface area contributed by atoms with E-state index in [1.54, 1.807) is 36.1 Å². The molecule has 2 N–H and O–H groups in total. The van der Waals surface area contributed by atoms with E-state index in [9.17, 15) is 10.1 Å². The highest BCUT2D eigenvalue weighted by atomic mass is 16.6. The van der Waals surface area contributed by atoms with Gasteiger partial charge in [0.2, 0.25) is 0 Å². The largest absolute Gasteiger partial charge is 0.394 e. The Morgan fingerprint density at radius 2 is 2.29 bits per heavy atom. The van der Waals surface area contributed by atoms with Gasteiger partial charge < -0.3 is 10.4 Å². The van der Waals surface area contributed by atoms with Crippen LogP contribution < -0.4 is 5.32 Å². The molecular formula is C14H18N4O3. The Balaban J connectivity index is 2.14. The van der Waals surface area contributed by atoms with E-state index < -0.39 is 0 Å². The van der Waals surface area contributed by atoms with Crippen LogP contribution in [0.2, 0.25) is 0 Å². The molecule has 21 heavy (non-hydrogen) atoms. The molecule has 0 spiro atoms. The molecule has 1 atom stereocenters. The molecule has 1 aromatic heterocycles. The maximum Gasteiger partial charge on any atom is 0.272 e. The average Bonchev–Trinajstić information content (AvgIpc) is 2.86. The number of nitrogens with one attached hydrogen (secondary N) is 1. The highest BCUT2D eigenvalue weighted by Gasteiger charge is 2.14. The van der Waals surface area contributed by atoms with Gasteiger partial charge in [-0.3, -0.25) is 14.8 Å². The fourth-order valence-corrected chi connectivity index (χ4v) is 2.09. The molecule has 1 unspecified atom stereocenters. The van der Waals surface area contributed by atoms with Gasteiger partial charge in [0, 0.05) is 23.9 Å². The molecule has 7 nitrogen and oxygen atoms in total. The van der Waals surface area contributed by atoms with E-state index >= 15 is 0 Å². The molecule has 0 aliphatic carbocycles. The molecule has 0 fully saturated rings. The van der Waals surface area contributed by atoms with Crippen LogP contribution in [0.5, 0.6) is 0 Å². The lowest BCUT2D eigenvalue weighted by Crippen LogP contribution is -2.07. The quantitative estimate of drug-likeness (QED) is 0.628. The Bertz CT molecular complexity index is 639. The van der Waals surface area contributed by atoms with E-state index in [4.69, 9.17) is 5.11 Å². The molecule has 0 radical (unpaired) electrons. The Hall–Kier alpha value is -2.41. The zero-order valence-electron chi connectivity index (χ0n) is 12.0. The number of anilines is 1. The maximum absolute atomic E-state index is 11.0. The molecule has 0 saturated carbocycles. The van der Waals surface area contributed by atoms with Crippen molar-refractivity contribution in [1.82, 2.24) is 9.78 Å². The van der Waals surface area contributed by atoms with E-state index in [2.05, 4.69) is 10.4 Å². The second-order valence-electron chi connectivity index (χ2n) is 4.88. The first kappa shape index (κ1) is 15.0.